The van der Waals surface area contributed by atoms with Crippen LogP contribution in [0.15, 0.2) is 29.2 Å². The zero-order valence-electron chi connectivity index (χ0n) is 14.2. The minimum Gasteiger partial charge on any atom is -0.465 e. The molecule has 1 aromatic rings. The second-order valence-corrected chi connectivity index (χ2v) is 7.97. The molecule has 0 aliphatic carbocycles. The number of carbonyl (C=O) groups is 1. The van der Waals surface area contributed by atoms with Gasteiger partial charge in [-0.2, -0.15) is 8.42 Å². The van der Waals surface area contributed by atoms with E-state index >= 15 is 0 Å². The minimum absolute atomic E-state index is 0.0649. The van der Waals surface area contributed by atoms with Gasteiger partial charge in [0.1, 0.15) is 6.17 Å². The molecule has 0 aromatic heterocycles. The summed E-state index contributed by atoms with van der Waals surface area (Å²) in [5, 5.41) is 8.88. The topological polar surface area (TPSA) is 83.9 Å². The molecule has 1 fully saturated rings. The molecule has 0 saturated carbocycles. The van der Waals surface area contributed by atoms with E-state index in [1.54, 1.807) is 12.1 Å². The SMILES string of the molecule is Cc1ccc(S(=O)(=O)OCCCC(F)C2CCN(C(=O)O)CC2)cc1. The number of likely N-dealkylation sites (tertiary alicyclic amines) is 1. The summed E-state index contributed by atoms with van der Waals surface area (Å²) in [5.74, 6) is -0.177. The summed E-state index contributed by atoms with van der Waals surface area (Å²) < 4.78 is 43.2. The van der Waals surface area contributed by atoms with E-state index in [9.17, 15) is 17.6 Å². The zero-order chi connectivity index (χ0) is 18.4. The van der Waals surface area contributed by atoms with Crippen LogP contribution in [-0.2, 0) is 14.3 Å². The van der Waals surface area contributed by atoms with Gasteiger partial charge in [0.2, 0.25) is 0 Å². The van der Waals surface area contributed by atoms with Crippen LogP contribution < -0.4 is 0 Å². The Morgan fingerprint density at radius 3 is 2.48 bits per heavy atom. The monoisotopic (exact) mass is 373 g/mol. The van der Waals surface area contributed by atoms with Crippen LogP contribution in [0.25, 0.3) is 0 Å². The normalized spacial score (nSPS) is 17.4. The van der Waals surface area contributed by atoms with E-state index in [-0.39, 0.29) is 23.8 Å². The number of halogens is 1. The van der Waals surface area contributed by atoms with Crippen molar-refractivity contribution in [3.8, 4) is 0 Å². The third-order valence-electron chi connectivity index (χ3n) is 4.49. The highest BCUT2D eigenvalue weighted by atomic mass is 32.2. The van der Waals surface area contributed by atoms with E-state index in [4.69, 9.17) is 9.29 Å². The average molecular weight is 373 g/mol. The van der Waals surface area contributed by atoms with Crippen molar-refractivity contribution in [2.75, 3.05) is 19.7 Å². The molecular formula is C17H24FNO5S. The van der Waals surface area contributed by atoms with E-state index in [1.165, 1.54) is 17.0 Å². The Bertz CT molecular complexity index is 669. The Labute approximate surface area is 147 Å². The van der Waals surface area contributed by atoms with Crippen LogP contribution in [0.1, 0.15) is 31.2 Å². The molecule has 2 rings (SSSR count). The van der Waals surface area contributed by atoms with Crippen molar-refractivity contribution in [2.45, 2.75) is 43.7 Å². The predicted molar refractivity (Wildman–Crippen MR) is 90.8 cm³/mol. The Hall–Kier alpha value is -1.67. The molecule has 25 heavy (non-hydrogen) atoms. The van der Waals surface area contributed by atoms with Gasteiger partial charge in [-0.05, 0) is 50.7 Å². The predicted octanol–water partition coefficient (Wildman–Crippen LogP) is 3.21. The van der Waals surface area contributed by atoms with Crippen LogP contribution in [0.3, 0.4) is 0 Å². The van der Waals surface area contributed by atoms with Gasteiger partial charge in [-0.1, -0.05) is 17.7 Å². The number of amides is 1. The van der Waals surface area contributed by atoms with E-state index in [0.29, 0.717) is 32.4 Å². The summed E-state index contributed by atoms with van der Waals surface area (Å²) in [4.78, 5) is 12.2. The maximum Gasteiger partial charge on any atom is 0.407 e. The van der Waals surface area contributed by atoms with Gasteiger partial charge in [-0.15, -0.1) is 0 Å². The summed E-state index contributed by atoms with van der Waals surface area (Å²) in [5.41, 5.74) is 0.952. The molecule has 1 aliphatic rings. The molecule has 1 N–H and O–H groups in total. The molecular weight excluding hydrogens is 349 g/mol. The molecule has 1 aliphatic heterocycles. The lowest BCUT2D eigenvalue weighted by Gasteiger charge is -2.31. The van der Waals surface area contributed by atoms with Gasteiger partial charge in [0.05, 0.1) is 11.5 Å². The van der Waals surface area contributed by atoms with Crippen LogP contribution in [-0.4, -0.2) is 50.4 Å². The minimum atomic E-state index is -3.81. The first-order valence-electron chi connectivity index (χ1n) is 8.37. The third-order valence-corrected chi connectivity index (χ3v) is 5.82. The zero-order valence-corrected chi connectivity index (χ0v) is 15.0. The largest absolute Gasteiger partial charge is 0.465 e. The maximum atomic E-state index is 14.2. The number of hydrogen-bond donors (Lipinski definition) is 1. The lowest BCUT2D eigenvalue weighted by atomic mass is 9.90. The van der Waals surface area contributed by atoms with Gasteiger partial charge in [0.15, 0.2) is 0 Å². The third kappa shape index (κ3) is 5.67. The van der Waals surface area contributed by atoms with Crippen LogP contribution in [0.2, 0.25) is 0 Å². The molecule has 0 bridgehead atoms. The summed E-state index contributed by atoms with van der Waals surface area (Å²) in [6, 6.07) is 6.35. The molecule has 1 unspecified atom stereocenters. The molecule has 1 saturated heterocycles. The van der Waals surface area contributed by atoms with Crippen molar-refractivity contribution < 1.29 is 26.9 Å². The van der Waals surface area contributed by atoms with Crippen LogP contribution >= 0.6 is 0 Å². The fourth-order valence-electron chi connectivity index (χ4n) is 2.91. The number of rotatable bonds is 7. The highest BCUT2D eigenvalue weighted by Crippen LogP contribution is 2.26. The van der Waals surface area contributed by atoms with Crippen LogP contribution in [0, 0.1) is 12.8 Å². The molecule has 0 spiro atoms. The fraction of sp³-hybridized carbons (Fsp3) is 0.588. The van der Waals surface area contributed by atoms with Crippen molar-refractivity contribution in [2.24, 2.45) is 5.92 Å². The first-order valence-corrected chi connectivity index (χ1v) is 9.78. The van der Waals surface area contributed by atoms with Gasteiger partial charge in [0, 0.05) is 13.1 Å². The van der Waals surface area contributed by atoms with Crippen molar-refractivity contribution in [1.82, 2.24) is 4.90 Å². The number of carboxylic acid groups (broad SMARTS) is 1. The number of benzene rings is 1. The Morgan fingerprint density at radius 1 is 1.32 bits per heavy atom. The highest BCUT2D eigenvalue weighted by molar-refractivity contribution is 7.86. The van der Waals surface area contributed by atoms with E-state index in [1.807, 2.05) is 6.92 Å². The number of hydrogen-bond acceptors (Lipinski definition) is 4. The number of alkyl halides is 1. The summed E-state index contributed by atoms with van der Waals surface area (Å²) in [6.45, 7) is 2.49. The lowest BCUT2D eigenvalue weighted by Crippen LogP contribution is -2.39. The highest BCUT2D eigenvalue weighted by Gasteiger charge is 2.28. The second kappa shape index (κ2) is 8.62. The molecule has 0 radical (unpaired) electrons. The van der Waals surface area contributed by atoms with Gasteiger partial charge in [0.25, 0.3) is 10.1 Å². The molecule has 6 nitrogen and oxygen atoms in total. The molecule has 1 aromatic carbocycles. The number of aryl methyl sites for hydroxylation is 1. The van der Waals surface area contributed by atoms with E-state index in [0.717, 1.165) is 5.56 Å². The summed E-state index contributed by atoms with van der Waals surface area (Å²) in [6.07, 6.45) is -0.538. The lowest BCUT2D eigenvalue weighted by molar-refractivity contribution is 0.0961. The molecule has 1 amide bonds. The van der Waals surface area contributed by atoms with Crippen LogP contribution in [0.5, 0.6) is 0 Å². The van der Waals surface area contributed by atoms with Crippen LogP contribution in [0.4, 0.5) is 9.18 Å². The summed E-state index contributed by atoms with van der Waals surface area (Å²) in [7, 11) is -3.81. The van der Waals surface area contributed by atoms with Crippen molar-refractivity contribution >= 4 is 16.2 Å². The van der Waals surface area contributed by atoms with Crippen molar-refractivity contribution in [1.29, 1.82) is 0 Å². The Balaban J connectivity index is 1.72. The number of nitrogens with zero attached hydrogens (tertiary/aromatic N) is 1. The van der Waals surface area contributed by atoms with E-state index < -0.39 is 22.4 Å². The first kappa shape index (κ1) is 19.7. The standard InChI is InChI=1S/C17H24FNO5S/c1-13-4-6-15(7-5-13)25(22,23)24-12-2-3-16(18)14-8-10-19(11-9-14)17(20)21/h4-7,14,16H,2-3,8-12H2,1H3,(H,20,21). The molecule has 1 atom stereocenters. The molecule has 140 valence electrons. The van der Waals surface area contributed by atoms with Gasteiger partial charge in [-0.3, -0.25) is 4.18 Å². The van der Waals surface area contributed by atoms with Gasteiger partial charge < -0.3 is 10.0 Å². The van der Waals surface area contributed by atoms with Crippen molar-refractivity contribution in [3.63, 3.8) is 0 Å². The fourth-order valence-corrected chi connectivity index (χ4v) is 3.85. The number of piperidine rings is 1. The van der Waals surface area contributed by atoms with E-state index in [2.05, 4.69) is 0 Å². The first-order chi connectivity index (χ1) is 11.8. The Kier molecular flexibility index (Phi) is 6.78. The quantitative estimate of drug-likeness (QED) is 0.586. The van der Waals surface area contributed by atoms with Gasteiger partial charge >= 0.3 is 6.09 Å². The van der Waals surface area contributed by atoms with Crippen molar-refractivity contribution in [3.05, 3.63) is 29.8 Å². The smallest absolute Gasteiger partial charge is 0.407 e. The Morgan fingerprint density at radius 2 is 1.92 bits per heavy atom. The van der Waals surface area contributed by atoms with Gasteiger partial charge in [-0.25, -0.2) is 9.18 Å². The molecule has 8 heteroatoms. The molecule has 1 heterocycles. The summed E-state index contributed by atoms with van der Waals surface area (Å²) >= 11 is 0. The average Bonchev–Trinajstić information content (AvgIpc) is 2.59. The second-order valence-electron chi connectivity index (χ2n) is 6.35. The maximum absolute atomic E-state index is 14.2.